The van der Waals surface area contributed by atoms with Crippen LogP contribution in [0.5, 0.6) is 0 Å². The van der Waals surface area contributed by atoms with Gasteiger partial charge in [0.1, 0.15) is 0 Å². The zero-order chi connectivity index (χ0) is 14.9. The predicted octanol–water partition coefficient (Wildman–Crippen LogP) is 3.69. The van der Waals surface area contributed by atoms with Crippen molar-refractivity contribution in [2.24, 2.45) is 5.92 Å². The minimum absolute atomic E-state index is 0.187. The van der Waals surface area contributed by atoms with Crippen LogP contribution in [0, 0.1) is 5.92 Å². The zero-order valence-corrected chi connectivity index (χ0v) is 13.3. The maximum absolute atomic E-state index is 12.1. The van der Waals surface area contributed by atoms with Gasteiger partial charge in [0.2, 0.25) is 0 Å². The summed E-state index contributed by atoms with van der Waals surface area (Å²) in [5.41, 5.74) is 0.320. The summed E-state index contributed by atoms with van der Waals surface area (Å²) in [5, 5.41) is 12.2. The molecule has 1 atom stereocenters. The largest absolute Gasteiger partial charge is 0.481 e. The van der Waals surface area contributed by atoms with Crippen LogP contribution in [-0.4, -0.2) is 35.1 Å². The topological polar surface area (TPSA) is 69.6 Å². The number of hydrogen-bond donors (Lipinski definition) is 2. The monoisotopic (exact) mass is 380 g/mol. The second-order valence-electron chi connectivity index (χ2n) is 4.44. The Kier molecular flexibility index (Phi) is 4.78. The van der Waals surface area contributed by atoms with Crippen molar-refractivity contribution in [2.45, 2.75) is 6.42 Å². The Morgan fingerprint density at radius 1 is 1.35 bits per heavy atom. The van der Waals surface area contributed by atoms with Crippen LogP contribution in [0.3, 0.4) is 0 Å². The minimum atomic E-state index is -0.889. The van der Waals surface area contributed by atoms with Gasteiger partial charge in [-0.15, -0.1) is 0 Å². The van der Waals surface area contributed by atoms with E-state index >= 15 is 0 Å². The van der Waals surface area contributed by atoms with Crippen molar-refractivity contribution in [3.05, 3.63) is 26.7 Å². The number of rotatable bonds is 2. The molecule has 0 aromatic heterocycles. The lowest BCUT2D eigenvalue weighted by Crippen LogP contribution is -2.34. The van der Waals surface area contributed by atoms with Crippen LogP contribution in [-0.2, 0) is 4.79 Å². The molecule has 1 aliphatic rings. The highest BCUT2D eigenvalue weighted by Crippen LogP contribution is 2.34. The number of likely N-dealkylation sites (tertiary alicyclic amines) is 1. The second-order valence-corrected chi connectivity index (χ2v) is 6.17. The van der Waals surface area contributed by atoms with Crippen LogP contribution < -0.4 is 5.32 Å². The molecule has 2 N–H and O–H groups in total. The molecule has 0 saturated carbocycles. The Morgan fingerprint density at radius 2 is 1.95 bits per heavy atom. The van der Waals surface area contributed by atoms with E-state index in [4.69, 9.17) is 28.3 Å². The Labute approximate surface area is 134 Å². The Hall–Kier alpha value is -0.980. The Morgan fingerprint density at radius 3 is 2.45 bits per heavy atom. The number of carbonyl (C=O) groups excluding carboxylic acids is 1. The molecule has 1 unspecified atom stereocenters. The molecular weight excluding hydrogens is 371 g/mol. The lowest BCUT2D eigenvalue weighted by molar-refractivity contribution is -0.141. The maximum Gasteiger partial charge on any atom is 0.321 e. The number of carboxylic acid groups (broad SMARTS) is 1. The highest BCUT2D eigenvalue weighted by Gasteiger charge is 2.31. The molecule has 2 rings (SSSR count). The molecular formula is C12H11BrCl2N2O3. The Bertz CT molecular complexity index is 545. The average molecular weight is 382 g/mol. The summed E-state index contributed by atoms with van der Waals surface area (Å²) in [6.07, 6.45) is 0.449. The maximum atomic E-state index is 12.1. The number of hydrogen-bond acceptors (Lipinski definition) is 2. The van der Waals surface area contributed by atoms with Crippen molar-refractivity contribution >= 4 is 56.8 Å². The third-order valence-corrected chi connectivity index (χ3v) is 4.12. The van der Waals surface area contributed by atoms with E-state index in [9.17, 15) is 9.59 Å². The molecule has 108 valence electrons. The number of anilines is 1. The van der Waals surface area contributed by atoms with Gasteiger partial charge in [-0.05, 0) is 18.6 Å². The number of carboxylic acids is 1. The van der Waals surface area contributed by atoms with Gasteiger partial charge in [-0.3, -0.25) is 4.79 Å². The van der Waals surface area contributed by atoms with Gasteiger partial charge in [-0.25, -0.2) is 4.79 Å². The van der Waals surface area contributed by atoms with E-state index in [0.29, 0.717) is 33.2 Å². The third kappa shape index (κ3) is 3.37. The van der Waals surface area contributed by atoms with Crippen LogP contribution in [0.1, 0.15) is 6.42 Å². The highest BCUT2D eigenvalue weighted by molar-refractivity contribution is 9.10. The van der Waals surface area contributed by atoms with Crippen molar-refractivity contribution in [1.29, 1.82) is 0 Å². The molecule has 1 aromatic carbocycles. The number of halogens is 3. The first-order valence-corrected chi connectivity index (χ1v) is 7.36. The molecule has 1 aliphatic heterocycles. The fraction of sp³-hybridized carbons (Fsp3) is 0.333. The van der Waals surface area contributed by atoms with Crippen molar-refractivity contribution in [1.82, 2.24) is 4.90 Å². The molecule has 5 nitrogen and oxygen atoms in total. The molecule has 0 bridgehead atoms. The SMILES string of the molecule is O=C(O)C1CCN(C(=O)Nc2c(Cl)cc(Br)cc2Cl)C1. The number of aliphatic carboxylic acids is 1. The van der Waals surface area contributed by atoms with Crippen LogP contribution in [0.4, 0.5) is 10.5 Å². The molecule has 0 radical (unpaired) electrons. The van der Waals surface area contributed by atoms with Gasteiger partial charge in [-0.2, -0.15) is 0 Å². The van der Waals surface area contributed by atoms with Gasteiger partial charge in [0.25, 0.3) is 0 Å². The molecule has 0 spiro atoms. The summed E-state index contributed by atoms with van der Waals surface area (Å²) in [6, 6.07) is 2.83. The quantitative estimate of drug-likeness (QED) is 0.820. The molecule has 1 aromatic rings. The zero-order valence-electron chi connectivity index (χ0n) is 10.2. The molecule has 1 fully saturated rings. The normalized spacial score (nSPS) is 18.1. The van der Waals surface area contributed by atoms with Crippen LogP contribution in [0.15, 0.2) is 16.6 Å². The standard InChI is InChI=1S/C12H11BrCl2N2O3/c13-7-3-8(14)10(9(15)4-7)16-12(20)17-2-1-6(5-17)11(18)19/h3-4,6H,1-2,5H2,(H,16,20)(H,18,19). The van der Waals surface area contributed by atoms with Gasteiger partial charge in [0, 0.05) is 17.6 Å². The van der Waals surface area contributed by atoms with Crippen LogP contribution >= 0.6 is 39.1 Å². The third-order valence-electron chi connectivity index (χ3n) is 3.06. The molecule has 2 amide bonds. The molecule has 8 heteroatoms. The molecule has 0 aliphatic carbocycles. The first-order chi connectivity index (χ1) is 9.38. The summed E-state index contributed by atoms with van der Waals surface area (Å²) in [6.45, 7) is 0.585. The van der Waals surface area contributed by atoms with E-state index in [1.807, 2.05) is 0 Å². The van der Waals surface area contributed by atoms with E-state index < -0.39 is 17.9 Å². The molecule has 20 heavy (non-hydrogen) atoms. The fourth-order valence-electron chi connectivity index (χ4n) is 1.99. The number of nitrogens with one attached hydrogen (secondary N) is 1. The van der Waals surface area contributed by atoms with Crippen molar-refractivity contribution < 1.29 is 14.7 Å². The second kappa shape index (κ2) is 6.20. The van der Waals surface area contributed by atoms with Crippen LogP contribution in [0.25, 0.3) is 0 Å². The number of benzene rings is 1. The van der Waals surface area contributed by atoms with Crippen molar-refractivity contribution in [2.75, 3.05) is 18.4 Å². The first kappa shape index (κ1) is 15.4. The average Bonchev–Trinajstić information content (AvgIpc) is 2.83. The number of carbonyl (C=O) groups is 2. The summed E-state index contributed by atoms with van der Waals surface area (Å²) in [4.78, 5) is 24.4. The van der Waals surface area contributed by atoms with Gasteiger partial charge < -0.3 is 15.3 Å². The predicted molar refractivity (Wildman–Crippen MR) is 80.5 cm³/mol. The van der Waals surface area contributed by atoms with E-state index in [1.165, 1.54) is 4.90 Å². The number of nitrogens with zero attached hydrogens (tertiary/aromatic N) is 1. The molecule has 1 saturated heterocycles. The van der Waals surface area contributed by atoms with Gasteiger partial charge in [-0.1, -0.05) is 39.1 Å². The fourth-order valence-corrected chi connectivity index (χ4v) is 3.30. The number of amides is 2. The van der Waals surface area contributed by atoms with Crippen LogP contribution in [0.2, 0.25) is 10.0 Å². The summed E-state index contributed by atoms with van der Waals surface area (Å²) in [5.74, 6) is -1.41. The van der Waals surface area contributed by atoms with Gasteiger partial charge >= 0.3 is 12.0 Å². The van der Waals surface area contributed by atoms with E-state index in [-0.39, 0.29) is 6.54 Å². The lowest BCUT2D eigenvalue weighted by Gasteiger charge is -2.18. The van der Waals surface area contributed by atoms with E-state index in [1.54, 1.807) is 12.1 Å². The molecule has 1 heterocycles. The van der Waals surface area contributed by atoms with Crippen molar-refractivity contribution in [3.63, 3.8) is 0 Å². The summed E-state index contributed by atoms with van der Waals surface area (Å²) < 4.78 is 0.706. The van der Waals surface area contributed by atoms with Gasteiger partial charge in [0.15, 0.2) is 0 Å². The summed E-state index contributed by atoms with van der Waals surface area (Å²) in [7, 11) is 0. The van der Waals surface area contributed by atoms with E-state index in [2.05, 4.69) is 21.2 Å². The minimum Gasteiger partial charge on any atom is -0.481 e. The van der Waals surface area contributed by atoms with Crippen molar-refractivity contribution in [3.8, 4) is 0 Å². The first-order valence-electron chi connectivity index (χ1n) is 5.81. The Balaban J connectivity index is 2.08. The summed E-state index contributed by atoms with van der Waals surface area (Å²) >= 11 is 15.3. The lowest BCUT2D eigenvalue weighted by atomic mass is 10.1. The highest BCUT2D eigenvalue weighted by atomic mass is 79.9. The smallest absolute Gasteiger partial charge is 0.321 e. The number of urea groups is 1. The van der Waals surface area contributed by atoms with E-state index in [0.717, 1.165) is 0 Å². The van der Waals surface area contributed by atoms with Gasteiger partial charge in [0.05, 0.1) is 21.7 Å².